The van der Waals surface area contributed by atoms with Gasteiger partial charge in [-0.15, -0.1) is 0 Å². The number of benzene rings is 1. The van der Waals surface area contributed by atoms with E-state index in [2.05, 4.69) is 5.32 Å². The Morgan fingerprint density at radius 1 is 0.882 bits per heavy atom. The van der Waals surface area contributed by atoms with Crippen LogP contribution < -0.4 is 5.32 Å². The Kier molecular flexibility index (Phi) is 7.15. The average molecular weight is 493 g/mol. The molecule has 1 N–H and O–H groups in total. The standard InChI is InChI=1S/C24H36N4O5S/c1-15-16(2)18(4)21(19(5)17(15)3)34(32,33)27-13-11-26(12-14-27)20(29)9-8-10-28-22(30)24(6,7)25-23(28)31/h8-14H2,1-7H3,(H,25,31). The number of nitrogens with one attached hydrogen (secondary N) is 1. The highest BCUT2D eigenvalue weighted by Gasteiger charge is 2.43. The Bertz CT molecular complexity index is 1110. The van der Waals surface area contributed by atoms with Crippen molar-refractivity contribution in [2.75, 3.05) is 32.7 Å². The van der Waals surface area contributed by atoms with Crippen molar-refractivity contribution in [3.05, 3.63) is 27.8 Å². The predicted octanol–water partition coefficient (Wildman–Crippen LogP) is 2.17. The summed E-state index contributed by atoms with van der Waals surface area (Å²) in [5.41, 5.74) is 3.73. The molecule has 2 saturated heterocycles. The van der Waals surface area contributed by atoms with E-state index in [-0.39, 0.29) is 37.9 Å². The van der Waals surface area contributed by atoms with E-state index >= 15 is 0 Å². The van der Waals surface area contributed by atoms with Crippen molar-refractivity contribution in [2.24, 2.45) is 0 Å². The summed E-state index contributed by atoms with van der Waals surface area (Å²) in [7, 11) is -3.68. The quantitative estimate of drug-likeness (QED) is 0.613. The zero-order chi connectivity index (χ0) is 25.6. The van der Waals surface area contributed by atoms with Gasteiger partial charge in [-0.3, -0.25) is 14.5 Å². The normalized spacial score (nSPS) is 19.0. The Hall–Kier alpha value is -2.46. The molecule has 0 spiro atoms. The van der Waals surface area contributed by atoms with Crippen LogP contribution in [-0.4, -0.2) is 78.6 Å². The summed E-state index contributed by atoms with van der Waals surface area (Å²) in [6.07, 6.45) is 0.561. The SMILES string of the molecule is Cc1c(C)c(C)c(S(=O)(=O)N2CCN(C(=O)CCCN3C(=O)NC(C)(C)C3=O)CC2)c(C)c1C. The van der Waals surface area contributed by atoms with E-state index in [0.717, 1.165) is 32.7 Å². The van der Waals surface area contributed by atoms with Gasteiger partial charge in [-0.2, -0.15) is 4.31 Å². The fourth-order valence-corrected chi connectivity index (χ4v) is 6.71. The van der Waals surface area contributed by atoms with Crippen LogP contribution in [0.5, 0.6) is 0 Å². The van der Waals surface area contributed by atoms with Crippen LogP contribution >= 0.6 is 0 Å². The molecule has 10 heteroatoms. The average Bonchev–Trinajstić information content (AvgIpc) is 2.97. The van der Waals surface area contributed by atoms with Crippen molar-refractivity contribution >= 4 is 27.9 Å². The first-order valence-corrected chi connectivity index (χ1v) is 13.1. The Morgan fingerprint density at radius 3 is 1.85 bits per heavy atom. The van der Waals surface area contributed by atoms with E-state index < -0.39 is 21.6 Å². The maximum absolute atomic E-state index is 13.5. The minimum Gasteiger partial charge on any atom is -0.340 e. The molecule has 0 unspecified atom stereocenters. The van der Waals surface area contributed by atoms with Gasteiger partial charge in [0.1, 0.15) is 5.54 Å². The van der Waals surface area contributed by atoms with Gasteiger partial charge in [-0.25, -0.2) is 13.2 Å². The molecular formula is C24H36N4O5S. The van der Waals surface area contributed by atoms with Crippen LogP contribution in [0.4, 0.5) is 4.79 Å². The highest BCUT2D eigenvalue weighted by molar-refractivity contribution is 7.89. The molecule has 3 rings (SSSR count). The van der Waals surface area contributed by atoms with E-state index in [1.54, 1.807) is 18.7 Å². The molecule has 0 atom stereocenters. The van der Waals surface area contributed by atoms with Gasteiger partial charge in [0.25, 0.3) is 5.91 Å². The van der Waals surface area contributed by atoms with Gasteiger partial charge >= 0.3 is 6.03 Å². The molecule has 2 aliphatic heterocycles. The third-order valence-electron chi connectivity index (χ3n) is 7.34. The van der Waals surface area contributed by atoms with Gasteiger partial charge in [0.05, 0.1) is 4.90 Å². The molecule has 0 aliphatic carbocycles. The molecule has 0 aromatic heterocycles. The molecule has 0 saturated carbocycles. The first kappa shape index (κ1) is 26.2. The van der Waals surface area contributed by atoms with Gasteiger partial charge in [0, 0.05) is 39.1 Å². The van der Waals surface area contributed by atoms with Gasteiger partial charge in [-0.1, -0.05) is 0 Å². The van der Waals surface area contributed by atoms with E-state index in [4.69, 9.17) is 0 Å². The lowest BCUT2D eigenvalue weighted by atomic mass is 9.95. The van der Waals surface area contributed by atoms with Crippen LogP contribution in [0.15, 0.2) is 4.90 Å². The van der Waals surface area contributed by atoms with E-state index in [0.29, 0.717) is 24.4 Å². The molecule has 1 aromatic rings. The fourth-order valence-electron chi connectivity index (χ4n) is 4.73. The Balaban J connectivity index is 1.60. The lowest BCUT2D eigenvalue weighted by Crippen LogP contribution is -2.50. The van der Waals surface area contributed by atoms with Crippen LogP contribution in [0.2, 0.25) is 0 Å². The van der Waals surface area contributed by atoms with Crippen molar-refractivity contribution in [1.82, 2.24) is 19.4 Å². The van der Waals surface area contributed by atoms with Gasteiger partial charge in [0.15, 0.2) is 0 Å². The molecule has 2 heterocycles. The highest BCUT2D eigenvalue weighted by atomic mass is 32.2. The second-order valence-electron chi connectivity index (χ2n) is 9.85. The summed E-state index contributed by atoms with van der Waals surface area (Å²) in [5.74, 6) is -0.395. The second kappa shape index (κ2) is 9.30. The molecule has 4 amide bonds. The summed E-state index contributed by atoms with van der Waals surface area (Å²) in [6, 6.07) is -0.437. The molecule has 1 aromatic carbocycles. The first-order valence-electron chi connectivity index (χ1n) is 11.7. The van der Waals surface area contributed by atoms with E-state index in [9.17, 15) is 22.8 Å². The number of hydrogen-bond acceptors (Lipinski definition) is 5. The maximum Gasteiger partial charge on any atom is 0.325 e. The zero-order valence-corrected chi connectivity index (χ0v) is 22.1. The van der Waals surface area contributed by atoms with E-state index in [1.165, 1.54) is 4.31 Å². The number of hydrogen-bond donors (Lipinski definition) is 1. The molecule has 34 heavy (non-hydrogen) atoms. The van der Waals surface area contributed by atoms with Gasteiger partial charge < -0.3 is 10.2 Å². The maximum atomic E-state index is 13.5. The smallest absolute Gasteiger partial charge is 0.325 e. The predicted molar refractivity (Wildman–Crippen MR) is 129 cm³/mol. The number of sulfonamides is 1. The van der Waals surface area contributed by atoms with Crippen LogP contribution in [0.1, 0.15) is 54.5 Å². The Morgan fingerprint density at radius 2 is 1.38 bits per heavy atom. The van der Waals surface area contributed by atoms with Crippen molar-refractivity contribution in [1.29, 1.82) is 0 Å². The lowest BCUT2D eigenvalue weighted by Gasteiger charge is -2.35. The minimum absolute atomic E-state index is 0.0993. The number of carbonyl (C=O) groups is 3. The number of rotatable bonds is 6. The molecule has 2 aliphatic rings. The third kappa shape index (κ3) is 4.57. The topological polar surface area (TPSA) is 107 Å². The molecule has 0 bridgehead atoms. The monoisotopic (exact) mass is 492 g/mol. The summed E-state index contributed by atoms with van der Waals surface area (Å²) in [4.78, 5) is 40.1. The fraction of sp³-hybridized carbons (Fsp3) is 0.625. The van der Waals surface area contributed by atoms with Crippen molar-refractivity contribution in [3.8, 4) is 0 Å². The summed E-state index contributed by atoms with van der Waals surface area (Å²) in [5, 5.41) is 2.62. The largest absolute Gasteiger partial charge is 0.340 e. The van der Waals surface area contributed by atoms with Crippen molar-refractivity contribution in [3.63, 3.8) is 0 Å². The molecule has 9 nitrogen and oxygen atoms in total. The zero-order valence-electron chi connectivity index (χ0n) is 21.2. The third-order valence-corrected chi connectivity index (χ3v) is 9.51. The lowest BCUT2D eigenvalue weighted by molar-refractivity contribution is -0.133. The summed E-state index contributed by atoms with van der Waals surface area (Å²) < 4.78 is 28.5. The van der Waals surface area contributed by atoms with Gasteiger partial charge in [-0.05, 0) is 82.7 Å². The molecule has 2 fully saturated rings. The number of urea groups is 1. The minimum atomic E-state index is -3.68. The number of amides is 4. The summed E-state index contributed by atoms with van der Waals surface area (Å²) in [6.45, 7) is 14.2. The molecular weight excluding hydrogens is 456 g/mol. The van der Waals surface area contributed by atoms with Crippen LogP contribution in [0, 0.1) is 34.6 Å². The number of imide groups is 1. The second-order valence-corrected chi connectivity index (χ2v) is 11.7. The Labute approximate surface area is 202 Å². The van der Waals surface area contributed by atoms with Crippen LogP contribution in [0.3, 0.4) is 0 Å². The number of nitrogens with zero attached hydrogens (tertiary/aromatic N) is 3. The number of piperazine rings is 1. The first-order chi connectivity index (χ1) is 15.7. The van der Waals surface area contributed by atoms with Crippen molar-refractivity contribution in [2.45, 2.75) is 71.7 Å². The van der Waals surface area contributed by atoms with Crippen LogP contribution in [-0.2, 0) is 19.6 Å². The van der Waals surface area contributed by atoms with Crippen molar-refractivity contribution < 1.29 is 22.8 Å². The van der Waals surface area contributed by atoms with E-state index in [1.807, 2.05) is 34.6 Å². The van der Waals surface area contributed by atoms with Crippen LogP contribution in [0.25, 0.3) is 0 Å². The highest BCUT2D eigenvalue weighted by Crippen LogP contribution is 2.32. The molecule has 188 valence electrons. The van der Waals surface area contributed by atoms with Gasteiger partial charge in [0.2, 0.25) is 15.9 Å². The number of carbonyl (C=O) groups excluding carboxylic acids is 3. The molecule has 0 radical (unpaired) electrons. The summed E-state index contributed by atoms with van der Waals surface area (Å²) >= 11 is 0.